The second-order valence-corrected chi connectivity index (χ2v) is 5.94. The van der Waals surface area contributed by atoms with E-state index in [-0.39, 0.29) is 0 Å². The molecule has 0 saturated heterocycles. The van der Waals surface area contributed by atoms with Crippen molar-refractivity contribution in [3.63, 3.8) is 0 Å². The molecule has 112 valence electrons. The highest BCUT2D eigenvalue weighted by Crippen LogP contribution is 2.11. The van der Waals surface area contributed by atoms with Gasteiger partial charge in [0.25, 0.3) is 0 Å². The molecule has 21 heavy (non-hydrogen) atoms. The van der Waals surface area contributed by atoms with Crippen molar-refractivity contribution in [1.29, 1.82) is 0 Å². The molecule has 0 saturated carbocycles. The summed E-state index contributed by atoms with van der Waals surface area (Å²) in [6, 6.07) is 12.4. The third-order valence-corrected chi connectivity index (χ3v) is 3.53. The molecule has 1 aromatic heterocycles. The molecule has 0 spiro atoms. The lowest BCUT2D eigenvalue weighted by Gasteiger charge is -2.16. The minimum Gasteiger partial charge on any atom is -0.370 e. The van der Waals surface area contributed by atoms with Gasteiger partial charge in [-0.05, 0) is 48.4 Å². The Hall–Kier alpha value is -1.46. The predicted molar refractivity (Wildman–Crippen MR) is 90.4 cm³/mol. The monoisotopic (exact) mass is 348 g/mol. The van der Waals surface area contributed by atoms with Gasteiger partial charge in [0.2, 0.25) is 0 Å². The quantitative estimate of drug-likeness (QED) is 0.614. The van der Waals surface area contributed by atoms with Crippen LogP contribution in [-0.2, 0) is 6.54 Å². The van der Waals surface area contributed by atoms with Gasteiger partial charge < -0.3 is 10.2 Å². The Morgan fingerprint density at radius 3 is 2.67 bits per heavy atom. The standard InChI is InChI=1S/C16H21BrN4/c1-13-19-15(17)11-16(20-13)18-9-6-10-21(2)12-14-7-4-3-5-8-14/h3-5,7-8,11H,6,9-10,12H2,1-2H3,(H,18,19,20). The van der Waals surface area contributed by atoms with E-state index in [1.807, 2.05) is 13.0 Å². The van der Waals surface area contributed by atoms with Crippen LogP contribution in [0.1, 0.15) is 17.8 Å². The summed E-state index contributed by atoms with van der Waals surface area (Å²) in [6.45, 7) is 4.83. The molecule has 2 aromatic rings. The van der Waals surface area contributed by atoms with E-state index in [0.29, 0.717) is 0 Å². The maximum atomic E-state index is 4.35. The molecule has 0 atom stereocenters. The molecule has 1 aromatic carbocycles. The highest BCUT2D eigenvalue weighted by Gasteiger charge is 2.01. The lowest BCUT2D eigenvalue weighted by molar-refractivity contribution is 0.325. The first-order valence-electron chi connectivity index (χ1n) is 7.11. The Morgan fingerprint density at radius 1 is 1.19 bits per heavy atom. The van der Waals surface area contributed by atoms with E-state index in [1.165, 1.54) is 5.56 Å². The summed E-state index contributed by atoms with van der Waals surface area (Å²) >= 11 is 3.38. The fourth-order valence-corrected chi connectivity index (χ4v) is 2.63. The number of hydrogen-bond donors (Lipinski definition) is 1. The summed E-state index contributed by atoms with van der Waals surface area (Å²) in [6.07, 6.45) is 1.07. The number of nitrogens with one attached hydrogen (secondary N) is 1. The highest BCUT2D eigenvalue weighted by atomic mass is 79.9. The van der Waals surface area contributed by atoms with Crippen molar-refractivity contribution in [2.24, 2.45) is 0 Å². The van der Waals surface area contributed by atoms with Crippen molar-refractivity contribution >= 4 is 21.7 Å². The summed E-state index contributed by atoms with van der Waals surface area (Å²) in [5.74, 6) is 1.65. The fourth-order valence-electron chi connectivity index (χ4n) is 2.16. The van der Waals surface area contributed by atoms with Crippen LogP contribution < -0.4 is 5.32 Å². The van der Waals surface area contributed by atoms with E-state index in [9.17, 15) is 0 Å². The maximum absolute atomic E-state index is 4.35. The lowest BCUT2D eigenvalue weighted by Crippen LogP contribution is -2.21. The summed E-state index contributed by atoms with van der Waals surface area (Å²) in [4.78, 5) is 10.9. The third kappa shape index (κ3) is 5.81. The molecule has 0 aliphatic rings. The Morgan fingerprint density at radius 2 is 1.95 bits per heavy atom. The van der Waals surface area contributed by atoms with Gasteiger partial charge in [-0.15, -0.1) is 0 Å². The summed E-state index contributed by atoms with van der Waals surface area (Å²) < 4.78 is 0.818. The lowest BCUT2D eigenvalue weighted by atomic mass is 10.2. The zero-order valence-corrected chi connectivity index (χ0v) is 14.1. The Bertz CT molecular complexity index is 539. The van der Waals surface area contributed by atoms with Gasteiger partial charge >= 0.3 is 0 Å². The van der Waals surface area contributed by atoms with Gasteiger partial charge in [0.05, 0.1) is 0 Å². The highest BCUT2D eigenvalue weighted by molar-refractivity contribution is 9.10. The number of nitrogens with zero attached hydrogens (tertiary/aromatic N) is 3. The Balaban J connectivity index is 1.69. The number of halogens is 1. The van der Waals surface area contributed by atoms with Crippen molar-refractivity contribution in [1.82, 2.24) is 14.9 Å². The molecule has 0 aliphatic heterocycles. The second-order valence-electron chi connectivity index (χ2n) is 5.13. The van der Waals surface area contributed by atoms with Gasteiger partial charge in [0.1, 0.15) is 16.2 Å². The molecule has 0 radical (unpaired) electrons. The van der Waals surface area contributed by atoms with Crippen molar-refractivity contribution in [2.45, 2.75) is 19.9 Å². The molecule has 5 heteroatoms. The first kappa shape index (κ1) is 15.9. The maximum Gasteiger partial charge on any atom is 0.130 e. The SMILES string of the molecule is Cc1nc(Br)cc(NCCCN(C)Cc2ccccc2)n1. The van der Waals surface area contributed by atoms with E-state index in [2.05, 4.69) is 73.5 Å². The van der Waals surface area contributed by atoms with Crippen LogP contribution in [0.2, 0.25) is 0 Å². The van der Waals surface area contributed by atoms with Gasteiger partial charge in [-0.1, -0.05) is 30.3 Å². The van der Waals surface area contributed by atoms with Crippen LogP contribution in [0.5, 0.6) is 0 Å². The van der Waals surface area contributed by atoms with Crippen LogP contribution >= 0.6 is 15.9 Å². The predicted octanol–water partition coefficient (Wildman–Crippen LogP) is 3.48. The van der Waals surface area contributed by atoms with Crippen LogP contribution in [0, 0.1) is 6.92 Å². The minimum atomic E-state index is 0.771. The van der Waals surface area contributed by atoms with Crippen LogP contribution in [0.4, 0.5) is 5.82 Å². The molecule has 0 unspecified atom stereocenters. The topological polar surface area (TPSA) is 41.1 Å². The number of hydrogen-bond acceptors (Lipinski definition) is 4. The Kier molecular flexibility index (Phi) is 6.14. The third-order valence-electron chi connectivity index (χ3n) is 3.12. The zero-order valence-electron chi connectivity index (χ0n) is 12.5. The number of aromatic nitrogens is 2. The van der Waals surface area contributed by atoms with Crippen LogP contribution in [0.25, 0.3) is 0 Å². The number of aryl methyl sites for hydroxylation is 1. The molecular formula is C16H21BrN4. The van der Waals surface area contributed by atoms with Gasteiger partial charge in [-0.3, -0.25) is 0 Å². The van der Waals surface area contributed by atoms with E-state index < -0.39 is 0 Å². The second kappa shape index (κ2) is 8.10. The molecule has 2 rings (SSSR count). The summed E-state index contributed by atoms with van der Waals surface area (Å²) in [5, 5.41) is 3.34. The fraction of sp³-hybridized carbons (Fsp3) is 0.375. The van der Waals surface area contributed by atoms with Crippen LogP contribution in [-0.4, -0.2) is 35.0 Å². The van der Waals surface area contributed by atoms with E-state index in [4.69, 9.17) is 0 Å². The first-order chi connectivity index (χ1) is 10.1. The van der Waals surface area contributed by atoms with E-state index in [0.717, 1.165) is 42.3 Å². The van der Waals surface area contributed by atoms with Crippen molar-refractivity contribution in [3.05, 3.63) is 52.4 Å². The Labute approximate surface area is 134 Å². The molecule has 0 fully saturated rings. The molecule has 4 nitrogen and oxygen atoms in total. The van der Waals surface area contributed by atoms with Crippen LogP contribution in [0.3, 0.4) is 0 Å². The largest absolute Gasteiger partial charge is 0.370 e. The van der Waals surface area contributed by atoms with Crippen molar-refractivity contribution in [2.75, 3.05) is 25.5 Å². The number of rotatable bonds is 7. The molecule has 1 N–H and O–H groups in total. The van der Waals surface area contributed by atoms with Gasteiger partial charge in [-0.25, -0.2) is 9.97 Å². The van der Waals surface area contributed by atoms with Crippen LogP contribution in [0.15, 0.2) is 41.0 Å². The number of anilines is 1. The molecule has 1 heterocycles. The van der Waals surface area contributed by atoms with Crippen molar-refractivity contribution < 1.29 is 0 Å². The minimum absolute atomic E-state index is 0.771. The number of benzene rings is 1. The van der Waals surface area contributed by atoms with Crippen molar-refractivity contribution in [3.8, 4) is 0 Å². The normalized spacial score (nSPS) is 10.9. The van der Waals surface area contributed by atoms with Gasteiger partial charge in [-0.2, -0.15) is 0 Å². The zero-order chi connectivity index (χ0) is 15.1. The molecule has 0 bridgehead atoms. The van der Waals surface area contributed by atoms with E-state index in [1.54, 1.807) is 0 Å². The first-order valence-corrected chi connectivity index (χ1v) is 7.90. The smallest absolute Gasteiger partial charge is 0.130 e. The summed E-state index contributed by atoms with van der Waals surface area (Å²) in [7, 11) is 2.15. The van der Waals surface area contributed by atoms with Gasteiger partial charge in [0, 0.05) is 19.2 Å². The molecule has 0 aliphatic carbocycles. The average Bonchev–Trinajstić information content (AvgIpc) is 2.44. The van der Waals surface area contributed by atoms with Gasteiger partial charge in [0.15, 0.2) is 0 Å². The summed E-state index contributed by atoms with van der Waals surface area (Å²) in [5.41, 5.74) is 1.35. The molecule has 0 amide bonds. The van der Waals surface area contributed by atoms with E-state index >= 15 is 0 Å². The molecular weight excluding hydrogens is 328 g/mol. The average molecular weight is 349 g/mol.